The first-order valence-electron chi connectivity index (χ1n) is 5.98. The van der Waals surface area contributed by atoms with E-state index in [0.717, 1.165) is 5.56 Å². The Balaban J connectivity index is 2.01. The van der Waals surface area contributed by atoms with E-state index in [0.29, 0.717) is 11.7 Å². The minimum atomic E-state index is -0.354. The van der Waals surface area contributed by atoms with Crippen LogP contribution in [0.4, 0.5) is 4.39 Å². The lowest BCUT2D eigenvalue weighted by atomic mass is 10.00. The maximum absolute atomic E-state index is 13.3. The zero-order chi connectivity index (χ0) is 12.3. The van der Waals surface area contributed by atoms with Gasteiger partial charge in [-0.3, -0.25) is 0 Å². The molecule has 0 amide bonds. The fourth-order valence-corrected chi connectivity index (χ4v) is 3.75. The number of hydrogen-bond donors (Lipinski definition) is 1. The highest BCUT2D eigenvalue weighted by atomic mass is 35.5. The van der Waals surface area contributed by atoms with Gasteiger partial charge in [0.1, 0.15) is 5.82 Å². The molecule has 0 bridgehead atoms. The first kappa shape index (κ1) is 13.2. The second-order valence-electron chi connectivity index (χ2n) is 4.49. The van der Waals surface area contributed by atoms with Crippen LogP contribution in [0.3, 0.4) is 0 Å². The van der Waals surface area contributed by atoms with Crippen molar-refractivity contribution in [3.8, 4) is 0 Å². The first-order valence-corrected chi connectivity index (χ1v) is 7.41. The topological polar surface area (TPSA) is 26.0 Å². The van der Waals surface area contributed by atoms with E-state index < -0.39 is 0 Å². The van der Waals surface area contributed by atoms with Crippen molar-refractivity contribution in [2.24, 2.45) is 5.73 Å². The summed E-state index contributed by atoms with van der Waals surface area (Å²) in [5.74, 6) is 0.836. The van der Waals surface area contributed by atoms with Crippen LogP contribution in [-0.4, -0.2) is 17.0 Å². The molecule has 0 aromatic heterocycles. The fourth-order valence-electron chi connectivity index (χ4n) is 2.19. The lowest BCUT2D eigenvalue weighted by Gasteiger charge is -2.27. The smallest absolute Gasteiger partial charge is 0.142 e. The predicted octanol–water partition coefficient (Wildman–Crippen LogP) is 3.63. The molecule has 1 saturated heterocycles. The van der Waals surface area contributed by atoms with Crippen molar-refractivity contribution in [2.75, 3.05) is 5.75 Å². The number of hydrogen-bond acceptors (Lipinski definition) is 2. The Morgan fingerprint density at radius 1 is 1.47 bits per heavy atom. The van der Waals surface area contributed by atoms with Crippen LogP contribution >= 0.6 is 23.4 Å². The van der Waals surface area contributed by atoms with Crippen LogP contribution < -0.4 is 5.73 Å². The Labute approximate surface area is 111 Å². The normalized spacial score (nSPS) is 22.4. The Morgan fingerprint density at radius 2 is 2.29 bits per heavy atom. The third kappa shape index (κ3) is 3.36. The second-order valence-corrected chi connectivity index (χ2v) is 6.21. The van der Waals surface area contributed by atoms with Crippen LogP contribution in [0.2, 0.25) is 5.02 Å². The average molecular weight is 274 g/mol. The molecule has 0 aliphatic carbocycles. The minimum absolute atomic E-state index is 0.0691. The van der Waals surface area contributed by atoms with Crippen LogP contribution in [0.15, 0.2) is 18.2 Å². The van der Waals surface area contributed by atoms with E-state index in [2.05, 4.69) is 0 Å². The van der Waals surface area contributed by atoms with Gasteiger partial charge in [-0.25, -0.2) is 4.39 Å². The molecule has 2 unspecified atom stereocenters. The maximum Gasteiger partial charge on any atom is 0.142 e. The summed E-state index contributed by atoms with van der Waals surface area (Å²) >= 11 is 7.88. The monoisotopic (exact) mass is 273 g/mol. The molecule has 2 atom stereocenters. The Bertz CT molecular complexity index is 380. The third-order valence-corrected chi connectivity index (χ3v) is 5.14. The molecule has 0 radical (unpaired) electrons. The van der Waals surface area contributed by atoms with Gasteiger partial charge in [-0.2, -0.15) is 11.8 Å². The Kier molecular flexibility index (Phi) is 4.71. The molecule has 1 nitrogen and oxygen atoms in total. The van der Waals surface area contributed by atoms with Crippen LogP contribution in [0, 0.1) is 5.82 Å². The largest absolute Gasteiger partial charge is 0.326 e. The number of nitrogens with two attached hydrogens (primary N) is 1. The Hall–Kier alpha value is -0.250. The molecule has 1 aliphatic heterocycles. The fraction of sp³-hybridized carbons (Fsp3) is 0.538. The Morgan fingerprint density at radius 3 is 3.00 bits per heavy atom. The first-order chi connectivity index (χ1) is 8.18. The van der Waals surface area contributed by atoms with Gasteiger partial charge in [-0.1, -0.05) is 30.2 Å². The van der Waals surface area contributed by atoms with E-state index in [1.807, 2.05) is 17.8 Å². The van der Waals surface area contributed by atoms with Gasteiger partial charge in [0.25, 0.3) is 0 Å². The highest BCUT2D eigenvalue weighted by Gasteiger charge is 2.22. The summed E-state index contributed by atoms with van der Waals surface area (Å²) < 4.78 is 13.3. The highest BCUT2D eigenvalue weighted by Crippen LogP contribution is 2.29. The summed E-state index contributed by atoms with van der Waals surface area (Å²) in [4.78, 5) is 0. The lowest BCUT2D eigenvalue weighted by Crippen LogP contribution is -2.36. The summed E-state index contributed by atoms with van der Waals surface area (Å²) in [5.41, 5.74) is 7.02. The molecule has 1 aromatic rings. The number of rotatable bonds is 3. The van der Waals surface area contributed by atoms with Gasteiger partial charge in [0.2, 0.25) is 0 Å². The van der Waals surface area contributed by atoms with E-state index in [9.17, 15) is 4.39 Å². The maximum atomic E-state index is 13.3. The van der Waals surface area contributed by atoms with Crippen molar-refractivity contribution in [1.82, 2.24) is 0 Å². The standard InChI is InChI=1S/C13H17ClFNS/c14-13-9(4-3-5-10(13)15)8-11(16)12-6-1-2-7-17-12/h3-5,11-12H,1-2,6-8,16H2. The van der Waals surface area contributed by atoms with E-state index in [-0.39, 0.29) is 16.9 Å². The van der Waals surface area contributed by atoms with E-state index in [1.165, 1.54) is 31.1 Å². The quantitative estimate of drug-likeness (QED) is 0.910. The van der Waals surface area contributed by atoms with Crippen molar-refractivity contribution in [3.63, 3.8) is 0 Å². The van der Waals surface area contributed by atoms with Crippen molar-refractivity contribution in [3.05, 3.63) is 34.6 Å². The van der Waals surface area contributed by atoms with Gasteiger partial charge in [0.15, 0.2) is 0 Å². The molecular formula is C13H17ClFNS. The highest BCUT2D eigenvalue weighted by molar-refractivity contribution is 8.00. The summed E-state index contributed by atoms with van der Waals surface area (Å²) in [7, 11) is 0. The zero-order valence-corrected chi connectivity index (χ0v) is 11.2. The van der Waals surface area contributed by atoms with Crippen LogP contribution in [0.1, 0.15) is 24.8 Å². The SMILES string of the molecule is NC(Cc1cccc(F)c1Cl)C1CCCCS1. The molecule has 94 valence electrons. The van der Waals surface area contributed by atoms with E-state index in [4.69, 9.17) is 17.3 Å². The van der Waals surface area contributed by atoms with Gasteiger partial charge in [-0.05, 0) is 36.6 Å². The van der Waals surface area contributed by atoms with E-state index in [1.54, 1.807) is 6.07 Å². The minimum Gasteiger partial charge on any atom is -0.326 e. The molecule has 0 saturated carbocycles. The number of benzene rings is 1. The van der Waals surface area contributed by atoms with Crippen LogP contribution in [0.25, 0.3) is 0 Å². The summed E-state index contributed by atoms with van der Waals surface area (Å²) in [6, 6.07) is 5.00. The van der Waals surface area contributed by atoms with Gasteiger partial charge in [0, 0.05) is 11.3 Å². The number of halogens is 2. The van der Waals surface area contributed by atoms with Crippen LogP contribution in [0.5, 0.6) is 0 Å². The lowest BCUT2D eigenvalue weighted by molar-refractivity contribution is 0.557. The molecule has 4 heteroatoms. The average Bonchev–Trinajstić information content (AvgIpc) is 2.36. The summed E-state index contributed by atoms with van der Waals surface area (Å²) in [6.07, 6.45) is 4.36. The molecule has 17 heavy (non-hydrogen) atoms. The van der Waals surface area contributed by atoms with Gasteiger partial charge in [0.05, 0.1) is 5.02 Å². The van der Waals surface area contributed by atoms with Crippen molar-refractivity contribution >= 4 is 23.4 Å². The zero-order valence-electron chi connectivity index (χ0n) is 9.66. The van der Waals surface area contributed by atoms with Crippen molar-refractivity contribution in [2.45, 2.75) is 37.0 Å². The summed E-state index contributed by atoms with van der Waals surface area (Å²) in [6.45, 7) is 0. The van der Waals surface area contributed by atoms with Gasteiger partial charge >= 0.3 is 0 Å². The van der Waals surface area contributed by atoms with Crippen molar-refractivity contribution in [1.29, 1.82) is 0 Å². The predicted molar refractivity (Wildman–Crippen MR) is 73.2 cm³/mol. The molecule has 1 fully saturated rings. The molecule has 2 rings (SSSR count). The molecule has 0 spiro atoms. The molecular weight excluding hydrogens is 257 g/mol. The van der Waals surface area contributed by atoms with Crippen LogP contribution in [-0.2, 0) is 6.42 Å². The molecule has 2 N–H and O–H groups in total. The van der Waals surface area contributed by atoms with Crippen molar-refractivity contribution < 1.29 is 4.39 Å². The summed E-state index contributed by atoms with van der Waals surface area (Å²) in [5, 5.41) is 0.715. The molecule has 1 aromatic carbocycles. The molecule has 1 aliphatic rings. The number of thioether (sulfide) groups is 1. The van der Waals surface area contributed by atoms with Gasteiger partial charge in [-0.15, -0.1) is 0 Å². The third-order valence-electron chi connectivity index (χ3n) is 3.18. The van der Waals surface area contributed by atoms with Gasteiger partial charge < -0.3 is 5.73 Å². The van der Waals surface area contributed by atoms with E-state index >= 15 is 0 Å². The molecule has 1 heterocycles. The second kappa shape index (κ2) is 6.07.